The van der Waals surface area contributed by atoms with Gasteiger partial charge in [0.05, 0.1) is 26.1 Å². The van der Waals surface area contributed by atoms with Crippen LogP contribution in [0.3, 0.4) is 0 Å². The molecule has 1 aromatic heterocycles. The van der Waals surface area contributed by atoms with Gasteiger partial charge in [-0.2, -0.15) is 5.10 Å². The van der Waals surface area contributed by atoms with Gasteiger partial charge in [-0.1, -0.05) is 0 Å². The lowest BCUT2D eigenvalue weighted by atomic mass is 10.2. The maximum absolute atomic E-state index is 5.26. The first-order valence-electron chi connectivity index (χ1n) is 5.66. The van der Waals surface area contributed by atoms with Gasteiger partial charge >= 0.3 is 0 Å². The summed E-state index contributed by atoms with van der Waals surface area (Å²) in [6, 6.07) is 5.54. The molecule has 0 saturated carbocycles. The number of rotatable bonds is 5. The number of hydrogen-bond acceptors (Lipinski definition) is 6. The third kappa shape index (κ3) is 3.45. The molecule has 19 heavy (non-hydrogen) atoms. The molecule has 100 valence electrons. The van der Waals surface area contributed by atoms with Gasteiger partial charge in [0.2, 0.25) is 5.13 Å². The van der Waals surface area contributed by atoms with E-state index in [1.807, 2.05) is 30.5 Å². The lowest BCUT2D eigenvalue weighted by Crippen LogP contribution is -1.95. The second kappa shape index (κ2) is 6.19. The molecule has 1 heterocycles. The van der Waals surface area contributed by atoms with Gasteiger partial charge in [-0.05, 0) is 25.1 Å². The van der Waals surface area contributed by atoms with Crippen LogP contribution in [0.2, 0.25) is 0 Å². The van der Waals surface area contributed by atoms with Crippen molar-refractivity contribution in [1.29, 1.82) is 0 Å². The molecule has 1 aromatic carbocycles. The van der Waals surface area contributed by atoms with E-state index in [0.717, 1.165) is 27.9 Å². The van der Waals surface area contributed by atoms with Crippen molar-refractivity contribution < 1.29 is 9.47 Å². The molecule has 0 radical (unpaired) electrons. The predicted molar refractivity (Wildman–Crippen MR) is 77.6 cm³/mol. The van der Waals surface area contributed by atoms with E-state index in [9.17, 15) is 0 Å². The summed E-state index contributed by atoms with van der Waals surface area (Å²) in [7, 11) is 3.25. The number of hydrazone groups is 1. The van der Waals surface area contributed by atoms with Gasteiger partial charge in [0.25, 0.3) is 0 Å². The summed E-state index contributed by atoms with van der Waals surface area (Å²) in [5, 5.41) is 6.87. The number of benzene rings is 1. The second-order valence-electron chi connectivity index (χ2n) is 3.77. The largest absolute Gasteiger partial charge is 0.497 e. The maximum Gasteiger partial charge on any atom is 0.203 e. The van der Waals surface area contributed by atoms with E-state index in [-0.39, 0.29) is 0 Å². The SMILES string of the molecule is COc1ccc(OC)c(/C=N/Nc2nc(C)cs2)c1. The maximum atomic E-state index is 5.26. The van der Waals surface area contributed by atoms with Crippen molar-refractivity contribution >= 4 is 22.7 Å². The summed E-state index contributed by atoms with van der Waals surface area (Å²) < 4.78 is 10.4. The van der Waals surface area contributed by atoms with E-state index < -0.39 is 0 Å². The summed E-state index contributed by atoms with van der Waals surface area (Å²) in [5.41, 5.74) is 4.69. The number of nitrogens with zero attached hydrogens (tertiary/aromatic N) is 2. The van der Waals surface area contributed by atoms with Crippen molar-refractivity contribution in [2.24, 2.45) is 5.10 Å². The first-order chi connectivity index (χ1) is 9.22. The molecule has 5 nitrogen and oxygen atoms in total. The zero-order valence-electron chi connectivity index (χ0n) is 11.0. The fraction of sp³-hybridized carbons (Fsp3) is 0.231. The van der Waals surface area contributed by atoms with E-state index in [0.29, 0.717) is 0 Å². The second-order valence-corrected chi connectivity index (χ2v) is 4.63. The average Bonchev–Trinajstić information content (AvgIpc) is 2.84. The van der Waals surface area contributed by atoms with Crippen molar-refractivity contribution in [3.05, 3.63) is 34.8 Å². The number of methoxy groups -OCH3 is 2. The zero-order chi connectivity index (χ0) is 13.7. The van der Waals surface area contributed by atoms with E-state index >= 15 is 0 Å². The smallest absolute Gasteiger partial charge is 0.203 e. The molecule has 1 N–H and O–H groups in total. The number of ether oxygens (including phenoxy) is 2. The fourth-order valence-electron chi connectivity index (χ4n) is 1.50. The molecule has 0 saturated heterocycles. The summed E-state index contributed by atoms with van der Waals surface area (Å²) in [4.78, 5) is 4.26. The normalized spacial score (nSPS) is 10.7. The first kappa shape index (κ1) is 13.4. The summed E-state index contributed by atoms with van der Waals surface area (Å²) in [5.74, 6) is 1.49. The standard InChI is InChI=1S/C13H15N3O2S/c1-9-8-19-13(15-9)16-14-7-10-6-11(17-2)4-5-12(10)18-3/h4-8H,1-3H3,(H,15,16)/b14-7+. The number of anilines is 1. The van der Waals surface area contributed by atoms with Crippen LogP contribution in [0.25, 0.3) is 0 Å². The molecule has 2 rings (SSSR count). The van der Waals surface area contributed by atoms with Gasteiger partial charge in [-0.25, -0.2) is 4.98 Å². The zero-order valence-corrected chi connectivity index (χ0v) is 11.8. The van der Waals surface area contributed by atoms with Gasteiger partial charge in [-0.3, -0.25) is 5.43 Å². The minimum absolute atomic E-state index is 0.738. The fourth-order valence-corrected chi connectivity index (χ4v) is 2.14. The van der Waals surface area contributed by atoms with Crippen LogP contribution in [0.15, 0.2) is 28.7 Å². The Balaban J connectivity index is 2.12. The van der Waals surface area contributed by atoms with Crippen molar-refractivity contribution in [3.8, 4) is 11.5 Å². The molecule has 0 atom stereocenters. The Labute approximate surface area is 115 Å². The van der Waals surface area contributed by atoms with E-state index in [1.165, 1.54) is 11.3 Å². The highest BCUT2D eigenvalue weighted by Gasteiger charge is 2.02. The number of thiazole rings is 1. The molecule has 0 fully saturated rings. The Kier molecular flexibility index (Phi) is 4.35. The molecule has 0 amide bonds. The van der Waals surface area contributed by atoms with Crippen LogP contribution in [0.1, 0.15) is 11.3 Å². The van der Waals surface area contributed by atoms with Gasteiger partial charge in [0.1, 0.15) is 11.5 Å². The summed E-state index contributed by atoms with van der Waals surface area (Å²) in [6.07, 6.45) is 1.68. The van der Waals surface area contributed by atoms with Gasteiger partial charge in [-0.15, -0.1) is 11.3 Å². The quantitative estimate of drug-likeness (QED) is 0.674. The van der Waals surface area contributed by atoms with Crippen LogP contribution in [-0.2, 0) is 0 Å². The van der Waals surface area contributed by atoms with Crippen molar-refractivity contribution in [2.75, 3.05) is 19.6 Å². The van der Waals surface area contributed by atoms with Crippen LogP contribution in [0.4, 0.5) is 5.13 Å². The number of hydrogen-bond donors (Lipinski definition) is 1. The minimum atomic E-state index is 0.738. The van der Waals surface area contributed by atoms with Gasteiger partial charge < -0.3 is 9.47 Å². The Hall–Kier alpha value is -2.08. The van der Waals surface area contributed by atoms with Gasteiger partial charge in [0, 0.05) is 10.9 Å². The highest BCUT2D eigenvalue weighted by molar-refractivity contribution is 7.13. The van der Waals surface area contributed by atoms with Crippen molar-refractivity contribution in [3.63, 3.8) is 0 Å². The molecule has 0 aliphatic carbocycles. The lowest BCUT2D eigenvalue weighted by Gasteiger charge is -2.06. The third-order valence-corrected chi connectivity index (χ3v) is 3.28. The Morgan fingerprint density at radius 1 is 1.32 bits per heavy atom. The van der Waals surface area contributed by atoms with Gasteiger partial charge in [0.15, 0.2) is 0 Å². The molecule has 0 aliphatic heterocycles. The molecule has 6 heteroatoms. The summed E-state index contributed by atoms with van der Waals surface area (Å²) >= 11 is 1.51. The average molecular weight is 277 g/mol. The molecular weight excluding hydrogens is 262 g/mol. The van der Waals surface area contributed by atoms with Crippen LogP contribution in [0, 0.1) is 6.92 Å². The minimum Gasteiger partial charge on any atom is -0.497 e. The third-order valence-electron chi connectivity index (χ3n) is 2.42. The van der Waals surface area contributed by atoms with E-state index in [1.54, 1.807) is 20.4 Å². The molecule has 2 aromatic rings. The van der Waals surface area contributed by atoms with Crippen LogP contribution in [-0.4, -0.2) is 25.4 Å². The van der Waals surface area contributed by atoms with Crippen LogP contribution in [0.5, 0.6) is 11.5 Å². The molecule has 0 spiro atoms. The first-order valence-corrected chi connectivity index (χ1v) is 6.54. The number of nitrogens with one attached hydrogen (secondary N) is 1. The Morgan fingerprint density at radius 3 is 2.79 bits per heavy atom. The Morgan fingerprint density at radius 2 is 2.16 bits per heavy atom. The molecule has 0 aliphatic rings. The highest BCUT2D eigenvalue weighted by atomic mass is 32.1. The molecular formula is C13H15N3O2S. The number of aromatic nitrogens is 1. The topological polar surface area (TPSA) is 55.7 Å². The van der Waals surface area contributed by atoms with Crippen LogP contribution >= 0.6 is 11.3 Å². The lowest BCUT2D eigenvalue weighted by molar-refractivity contribution is 0.402. The van der Waals surface area contributed by atoms with Crippen molar-refractivity contribution in [2.45, 2.75) is 6.92 Å². The monoisotopic (exact) mass is 277 g/mol. The van der Waals surface area contributed by atoms with Crippen molar-refractivity contribution in [1.82, 2.24) is 4.98 Å². The Bertz CT molecular complexity index is 581. The van der Waals surface area contributed by atoms with E-state index in [2.05, 4.69) is 15.5 Å². The molecule has 0 unspecified atom stereocenters. The van der Waals surface area contributed by atoms with Crippen LogP contribution < -0.4 is 14.9 Å². The summed E-state index contributed by atoms with van der Waals surface area (Å²) in [6.45, 7) is 1.94. The highest BCUT2D eigenvalue weighted by Crippen LogP contribution is 2.22. The number of aryl methyl sites for hydroxylation is 1. The predicted octanol–water partition coefficient (Wildman–Crippen LogP) is 2.91. The molecule has 0 bridgehead atoms. The van der Waals surface area contributed by atoms with E-state index in [4.69, 9.17) is 9.47 Å².